The van der Waals surface area contributed by atoms with Gasteiger partial charge in [0.25, 0.3) is 0 Å². The zero-order valence-electron chi connectivity index (χ0n) is 11.3. The van der Waals surface area contributed by atoms with Crippen LogP contribution in [0.2, 0.25) is 0 Å². The van der Waals surface area contributed by atoms with Gasteiger partial charge in [0.1, 0.15) is 0 Å². The molecular weight excluding hydrogens is 214 g/mol. The van der Waals surface area contributed by atoms with Gasteiger partial charge in [0.2, 0.25) is 5.91 Å². The van der Waals surface area contributed by atoms with E-state index in [2.05, 4.69) is 36.0 Å². The van der Waals surface area contributed by atoms with Crippen molar-refractivity contribution in [2.45, 2.75) is 45.2 Å². The number of likely N-dealkylation sites (tertiary alicyclic amines) is 1. The van der Waals surface area contributed by atoms with Gasteiger partial charge in [0.15, 0.2) is 0 Å². The Bertz CT molecular complexity index is 282. The van der Waals surface area contributed by atoms with Crippen molar-refractivity contribution in [3.05, 3.63) is 0 Å². The van der Waals surface area contributed by atoms with Gasteiger partial charge >= 0.3 is 0 Å². The standard InChI is InChI=1S/C13H25N3O/c1-4-10(2)12-13(17)16(9-14-12)11-6-5-7-15(3)8-11/h10-12,14H,4-9H2,1-3H3. The summed E-state index contributed by atoms with van der Waals surface area (Å²) in [7, 11) is 2.15. The minimum Gasteiger partial charge on any atom is -0.324 e. The van der Waals surface area contributed by atoms with Crippen molar-refractivity contribution in [2.75, 3.05) is 26.8 Å². The highest BCUT2D eigenvalue weighted by molar-refractivity contribution is 5.84. The maximum atomic E-state index is 12.4. The molecule has 0 radical (unpaired) electrons. The van der Waals surface area contributed by atoms with Crippen LogP contribution in [-0.2, 0) is 4.79 Å². The maximum Gasteiger partial charge on any atom is 0.241 e. The number of nitrogens with one attached hydrogen (secondary N) is 1. The fourth-order valence-corrected chi connectivity index (χ4v) is 2.92. The van der Waals surface area contributed by atoms with E-state index in [9.17, 15) is 4.79 Å². The molecule has 0 aromatic heterocycles. The first-order valence-electron chi connectivity index (χ1n) is 6.86. The molecule has 3 unspecified atom stereocenters. The highest BCUT2D eigenvalue weighted by atomic mass is 16.2. The lowest BCUT2D eigenvalue weighted by Gasteiger charge is -2.35. The molecule has 0 aromatic rings. The van der Waals surface area contributed by atoms with E-state index in [1.807, 2.05) is 0 Å². The maximum absolute atomic E-state index is 12.4. The Morgan fingerprint density at radius 1 is 1.53 bits per heavy atom. The molecule has 2 saturated heterocycles. The Hall–Kier alpha value is -0.610. The van der Waals surface area contributed by atoms with Crippen molar-refractivity contribution in [3.63, 3.8) is 0 Å². The molecule has 0 spiro atoms. The molecule has 1 N–H and O–H groups in total. The van der Waals surface area contributed by atoms with Crippen LogP contribution in [0.1, 0.15) is 33.1 Å². The normalized spacial score (nSPS) is 33.1. The van der Waals surface area contributed by atoms with Gasteiger partial charge in [-0.25, -0.2) is 0 Å². The second-order valence-corrected chi connectivity index (χ2v) is 5.59. The highest BCUT2D eigenvalue weighted by Gasteiger charge is 2.38. The lowest BCUT2D eigenvalue weighted by molar-refractivity contribution is -0.132. The van der Waals surface area contributed by atoms with Crippen molar-refractivity contribution in [1.29, 1.82) is 0 Å². The Balaban J connectivity index is 1.97. The molecule has 98 valence electrons. The minimum atomic E-state index is 0.0484. The number of carbonyl (C=O) groups is 1. The van der Waals surface area contributed by atoms with Crippen molar-refractivity contribution in [2.24, 2.45) is 5.92 Å². The van der Waals surface area contributed by atoms with Crippen LogP contribution in [0.3, 0.4) is 0 Å². The summed E-state index contributed by atoms with van der Waals surface area (Å²) in [5.41, 5.74) is 0. The predicted octanol–water partition coefficient (Wildman–Crippen LogP) is 0.885. The second kappa shape index (κ2) is 5.36. The Labute approximate surface area is 104 Å². The van der Waals surface area contributed by atoms with Gasteiger partial charge in [-0.15, -0.1) is 0 Å². The van der Waals surface area contributed by atoms with Gasteiger partial charge in [0, 0.05) is 12.6 Å². The fraction of sp³-hybridized carbons (Fsp3) is 0.923. The average Bonchev–Trinajstić information content (AvgIpc) is 2.70. The summed E-state index contributed by atoms with van der Waals surface area (Å²) < 4.78 is 0. The minimum absolute atomic E-state index is 0.0484. The quantitative estimate of drug-likeness (QED) is 0.794. The van der Waals surface area contributed by atoms with Crippen LogP contribution in [0.25, 0.3) is 0 Å². The molecule has 3 atom stereocenters. The van der Waals surface area contributed by atoms with Gasteiger partial charge in [-0.05, 0) is 32.4 Å². The van der Waals surface area contributed by atoms with Gasteiger partial charge in [-0.1, -0.05) is 20.3 Å². The van der Waals surface area contributed by atoms with Crippen LogP contribution in [0.5, 0.6) is 0 Å². The molecule has 4 nitrogen and oxygen atoms in total. The van der Waals surface area contributed by atoms with Crippen LogP contribution in [0.4, 0.5) is 0 Å². The monoisotopic (exact) mass is 239 g/mol. The molecule has 0 aliphatic carbocycles. The third kappa shape index (κ3) is 2.63. The van der Waals surface area contributed by atoms with E-state index in [-0.39, 0.29) is 6.04 Å². The van der Waals surface area contributed by atoms with E-state index >= 15 is 0 Å². The van der Waals surface area contributed by atoms with E-state index in [4.69, 9.17) is 0 Å². The van der Waals surface area contributed by atoms with Gasteiger partial charge in [-0.2, -0.15) is 0 Å². The summed E-state index contributed by atoms with van der Waals surface area (Å²) in [6, 6.07) is 0.468. The summed E-state index contributed by atoms with van der Waals surface area (Å²) in [5, 5.41) is 3.38. The Kier molecular flexibility index (Phi) is 4.05. The van der Waals surface area contributed by atoms with Gasteiger partial charge in [-0.3, -0.25) is 10.1 Å². The van der Waals surface area contributed by atoms with Crippen LogP contribution in [0, 0.1) is 5.92 Å². The SMILES string of the molecule is CCC(C)C1NCN(C2CCCN(C)C2)C1=O. The third-order valence-corrected chi connectivity index (χ3v) is 4.28. The average molecular weight is 239 g/mol. The van der Waals surface area contributed by atoms with Crippen LogP contribution < -0.4 is 5.32 Å². The number of nitrogens with zero attached hydrogens (tertiary/aromatic N) is 2. The zero-order chi connectivity index (χ0) is 12.4. The van der Waals surface area contributed by atoms with E-state index in [1.54, 1.807) is 0 Å². The third-order valence-electron chi connectivity index (χ3n) is 4.28. The molecule has 0 aromatic carbocycles. The first kappa shape index (κ1) is 12.8. The molecular formula is C13H25N3O. The molecule has 1 amide bonds. The largest absolute Gasteiger partial charge is 0.324 e. The summed E-state index contributed by atoms with van der Waals surface area (Å²) in [6.07, 6.45) is 3.42. The van der Waals surface area contributed by atoms with E-state index < -0.39 is 0 Å². The van der Waals surface area contributed by atoms with Crippen molar-refractivity contribution >= 4 is 5.91 Å². The van der Waals surface area contributed by atoms with Crippen LogP contribution in [-0.4, -0.2) is 54.6 Å². The van der Waals surface area contributed by atoms with E-state index in [0.29, 0.717) is 17.9 Å². The van der Waals surface area contributed by atoms with Gasteiger partial charge in [0.05, 0.1) is 12.7 Å². The number of hydrogen-bond acceptors (Lipinski definition) is 3. The highest BCUT2D eigenvalue weighted by Crippen LogP contribution is 2.21. The topological polar surface area (TPSA) is 35.6 Å². The Morgan fingerprint density at radius 3 is 2.94 bits per heavy atom. The predicted molar refractivity (Wildman–Crippen MR) is 68.6 cm³/mol. The molecule has 2 aliphatic heterocycles. The summed E-state index contributed by atoms with van der Waals surface area (Å²) >= 11 is 0. The lowest BCUT2D eigenvalue weighted by atomic mass is 9.98. The van der Waals surface area contributed by atoms with Crippen molar-refractivity contribution in [3.8, 4) is 0 Å². The first-order valence-corrected chi connectivity index (χ1v) is 6.86. The molecule has 2 heterocycles. The lowest BCUT2D eigenvalue weighted by Crippen LogP contribution is -2.48. The molecule has 2 rings (SSSR count). The molecule has 0 saturated carbocycles. The summed E-state index contributed by atoms with van der Waals surface area (Å²) in [4.78, 5) is 16.8. The molecule has 17 heavy (non-hydrogen) atoms. The molecule has 4 heteroatoms. The molecule has 2 fully saturated rings. The molecule has 0 bridgehead atoms. The summed E-state index contributed by atoms with van der Waals surface area (Å²) in [6.45, 7) is 7.25. The second-order valence-electron chi connectivity index (χ2n) is 5.59. The number of carbonyl (C=O) groups excluding carboxylic acids is 1. The summed E-state index contributed by atoms with van der Waals surface area (Å²) in [5.74, 6) is 0.758. The number of piperidine rings is 1. The van der Waals surface area contributed by atoms with Crippen LogP contribution >= 0.6 is 0 Å². The zero-order valence-corrected chi connectivity index (χ0v) is 11.3. The number of hydrogen-bond donors (Lipinski definition) is 1. The first-order chi connectivity index (χ1) is 8.13. The number of amides is 1. The van der Waals surface area contributed by atoms with Crippen molar-refractivity contribution < 1.29 is 4.79 Å². The van der Waals surface area contributed by atoms with E-state index in [1.165, 1.54) is 13.0 Å². The van der Waals surface area contributed by atoms with Crippen molar-refractivity contribution in [1.82, 2.24) is 15.1 Å². The Morgan fingerprint density at radius 2 is 2.29 bits per heavy atom. The smallest absolute Gasteiger partial charge is 0.241 e. The number of rotatable bonds is 3. The molecule has 2 aliphatic rings. The van der Waals surface area contributed by atoms with Gasteiger partial charge < -0.3 is 9.80 Å². The number of likely N-dealkylation sites (N-methyl/N-ethyl adjacent to an activating group) is 1. The fourth-order valence-electron chi connectivity index (χ4n) is 2.92. The van der Waals surface area contributed by atoms with Crippen LogP contribution in [0.15, 0.2) is 0 Å². The van der Waals surface area contributed by atoms with E-state index in [0.717, 1.165) is 26.1 Å².